The van der Waals surface area contributed by atoms with Crippen LogP contribution in [0.3, 0.4) is 0 Å². The highest BCUT2D eigenvalue weighted by atomic mass is 35.5. The second kappa shape index (κ2) is 10.2. The van der Waals surface area contributed by atoms with E-state index >= 15 is 0 Å². The van der Waals surface area contributed by atoms with Gasteiger partial charge < -0.3 is 14.6 Å². The standard InChI is InChI=1S/C20H21ClF3N7O2/c1-4-33-17(32)16-29-14(15-11(2)7-27-19(21)30-15)10-31(16)9-12(3)26-8-13-5-6-25-18(28-13)20(22,23)24/h5-7,10,12,26H,4,8-9H2,1-3H3/t12-/m0/s1. The highest BCUT2D eigenvalue weighted by molar-refractivity contribution is 6.28. The van der Waals surface area contributed by atoms with Gasteiger partial charge in [-0.05, 0) is 44.0 Å². The Morgan fingerprint density at radius 1 is 1.27 bits per heavy atom. The summed E-state index contributed by atoms with van der Waals surface area (Å²) in [5.74, 6) is -1.74. The molecular formula is C20H21ClF3N7O2. The molecule has 0 unspecified atom stereocenters. The second-order valence-electron chi connectivity index (χ2n) is 7.14. The number of imidazole rings is 1. The molecule has 0 bridgehead atoms. The van der Waals surface area contributed by atoms with Gasteiger partial charge in [-0.25, -0.2) is 29.7 Å². The van der Waals surface area contributed by atoms with Gasteiger partial charge in [-0.15, -0.1) is 0 Å². The predicted molar refractivity (Wildman–Crippen MR) is 112 cm³/mol. The SMILES string of the molecule is CCOC(=O)c1nc(-c2nc(Cl)ncc2C)cn1C[C@H](C)NCc1ccnc(C(F)(F)F)n1. The normalized spacial score (nSPS) is 12.6. The zero-order chi connectivity index (χ0) is 24.2. The molecule has 0 saturated carbocycles. The third kappa shape index (κ3) is 6.23. The lowest BCUT2D eigenvalue weighted by Crippen LogP contribution is -2.31. The summed E-state index contributed by atoms with van der Waals surface area (Å²) in [6.07, 6.45) is -0.365. The zero-order valence-corrected chi connectivity index (χ0v) is 18.8. The van der Waals surface area contributed by atoms with E-state index in [1.54, 1.807) is 30.8 Å². The number of ether oxygens (including phenoxy) is 1. The summed E-state index contributed by atoms with van der Waals surface area (Å²) in [6.45, 7) is 5.80. The molecule has 3 heterocycles. The minimum absolute atomic E-state index is 0.0425. The van der Waals surface area contributed by atoms with Crippen molar-refractivity contribution < 1.29 is 22.7 Å². The van der Waals surface area contributed by atoms with E-state index in [0.717, 1.165) is 11.8 Å². The van der Waals surface area contributed by atoms with Crippen LogP contribution < -0.4 is 5.32 Å². The van der Waals surface area contributed by atoms with Gasteiger partial charge >= 0.3 is 12.1 Å². The number of alkyl halides is 3. The Hall–Kier alpha value is -3.12. The fraction of sp³-hybridized carbons (Fsp3) is 0.400. The summed E-state index contributed by atoms with van der Waals surface area (Å²) < 4.78 is 45.1. The highest BCUT2D eigenvalue weighted by Gasteiger charge is 2.34. The first-order valence-corrected chi connectivity index (χ1v) is 10.3. The van der Waals surface area contributed by atoms with Crippen molar-refractivity contribution in [2.45, 2.75) is 46.1 Å². The van der Waals surface area contributed by atoms with Gasteiger partial charge in [-0.3, -0.25) is 0 Å². The smallest absolute Gasteiger partial charge is 0.451 e. The molecule has 1 N–H and O–H groups in total. The molecule has 3 aromatic rings. The number of carbonyl (C=O) groups excluding carboxylic acids is 1. The van der Waals surface area contributed by atoms with E-state index in [1.807, 2.05) is 6.92 Å². The molecule has 0 aliphatic carbocycles. The van der Waals surface area contributed by atoms with E-state index in [0.29, 0.717) is 11.4 Å². The molecule has 0 spiro atoms. The maximum absolute atomic E-state index is 12.8. The molecule has 9 nitrogen and oxygen atoms in total. The molecule has 0 aromatic carbocycles. The number of halogens is 4. The second-order valence-corrected chi connectivity index (χ2v) is 7.48. The minimum Gasteiger partial charge on any atom is -0.460 e. The molecule has 0 aliphatic rings. The number of carbonyl (C=O) groups is 1. The lowest BCUT2D eigenvalue weighted by molar-refractivity contribution is -0.145. The number of nitrogens with zero attached hydrogens (tertiary/aromatic N) is 6. The molecule has 0 amide bonds. The number of nitrogens with one attached hydrogen (secondary N) is 1. The summed E-state index contributed by atoms with van der Waals surface area (Å²) in [6, 6.07) is 1.13. The summed E-state index contributed by atoms with van der Waals surface area (Å²) >= 11 is 5.91. The van der Waals surface area contributed by atoms with Gasteiger partial charge in [-0.2, -0.15) is 13.2 Å². The summed E-state index contributed by atoms with van der Waals surface area (Å²) in [5.41, 5.74) is 1.79. The Morgan fingerprint density at radius 3 is 2.73 bits per heavy atom. The quantitative estimate of drug-likeness (QED) is 0.383. The van der Waals surface area contributed by atoms with Crippen LogP contribution in [0.1, 0.15) is 41.5 Å². The van der Waals surface area contributed by atoms with Crippen molar-refractivity contribution in [1.29, 1.82) is 0 Å². The largest absolute Gasteiger partial charge is 0.460 e. The van der Waals surface area contributed by atoms with Crippen LogP contribution in [0, 0.1) is 6.92 Å². The third-order valence-electron chi connectivity index (χ3n) is 4.49. The number of rotatable bonds is 8. The summed E-state index contributed by atoms with van der Waals surface area (Å²) in [4.78, 5) is 31.7. The lowest BCUT2D eigenvalue weighted by atomic mass is 10.2. The van der Waals surface area contributed by atoms with Gasteiger partial charge in [0.2, 0.25) is 16.9 Å². The molecule has 3 aromatic heterocycles. The fourth-order valence-electron chi connectivity index (χ4n) is 2.98. The first-order chi connectivity index (χ1) is 15.6. The van der Waals surface area contributed by atoms with Crippen molar-refractivity contribution >= 4 is 17.6 Å². The van der Waals surface area contributed by atoms with Crippen molar-refractivity contribution in [1.82, 2.24) is 34.8 Å². The predicted octanol–water partition coefficient (Wildman–Crippen LogP) is 3.47. The van der Waals surface area contributed by atoms with E-state index in [4.69, 9.17) is 16.3 Å². The maximum Gasteiger partial charge on any atom is 0.451 e. The van der Waals surface area contributed by atoms with Crippen LogP contribution in [0.4, 0.5) is 13.2 Å². The van der Waals surface area contributed by atoms with Crippen LogP contribution in [0.15, 0.2) is 24.7 Å². The average molecular weight is 484 g/mol. The van der Waals surface area contributed by atoms with Crippen LogP contribution in [-0.4, -0.2) is 48.1 Å². The van der Waals surface area contributed by atoms with Gasteiger partial charge in [0, 0.05) is 37.7 Å². The van der Waals surface area contributed by atoms with Crippen LogP contribution in [0.5, 0.6) is 0 Å². The van der Waals surface area contributed by atoms with Gasteiger partial charge in [-0.1, -0.05) is 0 Å². The monoisotopic (exact) mass is 483 g/mol. The average Bonchev–Trinajstić information content (AvgIpc) is 3.17. The number of aryl methyl sites for hydroxylation is 1. The number of esters is 1. The Labute approximate surface area is 192 Å². The number of hydrogen-bond donors (Lipinski definition) is 1. The van der Waals surface area contributed by atoms with Gasteiger partial charge in [0.05, 0.1) is 18.0 Å². The molecule has 0 fully saturated rings. The first-order valence-electron chi connectivity index (χ1n) is 9.94. The minimum atomic E-state index is -4.62. The van der Waals surface area contributed by atoms with Crippen molar-refractivity contribution in [3.8, 4) is 11.4 Å². The Morgan fingerprint density at radius 2 is 2.03 bits per heavy atom. The Kier molecular flexibility index (Phi) is 7.59. The van der Waals surface area contributed by atoms with Crippen LogP contribution in [0.2, 0.25) is 5.28 Å². The Balaban J connectivity index is 1.79. The maximum atomic E-state index is 12.8. The fourth-order valence-corrected chi connectivity index (χ4v) is 3.11. The van der Waals surface area contributed by atoms with E-state index in [9.17, 15) is 18.0 Å². The van der Waals surface area contributed by atoms with Crippen LogP contribution in [-0.2, 0) is 24.0 Å². The van der Waals surface area contributed by atoms with Gasteiger partial charge in [0.25, 0.3) is 0 Å². The summed E-state index contributed by atoms with van der Waals surface area (Å²) in [7, 11) is 0. The van der Waals surface area contributed by atoms with Crippen molar-refractivity contribution in [2.24, 2.45) is 0 Å². The van der Waals surface area contributed by atoms with Crippen molar-refractivity contribution in [3.05, 3.63) is 52.8 Å². The van der Waals surface area contributed by atoms with Gasteiger partial charge in [0.15, 0.2) is 0 Å². The van der Waals surface area contributed by atoms with Gasteiger partial charge in [0.1, 0.15) is 5.69 Å². The van der Waals surface area contributed by atoms with Crippen LogP contribution >= 0.6 is 11.6 Å². The van der Waals surface area contributed by atoms with Crippen molar-refractivity contribution in [2.75, 3.05) is 6.61 Å². The Bertz CT molecular complexity index is 1140. The molecule has 176 valence electrons. The lowest BCUT2D eigenvalue weighted by Gasteiger charge is -2.16. The molecule has 13 heteroatoms. The van der Waals surface area contributed by atoms with E-state index in [2.05, 4.69) is 30.2 Å². The molecule has 0 radical (unpaired) electrons. The molecule has 33 heavy (non-hydrogen) atoms. The molecule has 3 rings (SSSR count). The topological polar surface area (TPSA) is 108 Å². The van der Waals surface area contributed by atoms with E-state index in [1.165, 1.54) is 6.07 Å². The molecule has 1 atom stereocenters. The molecule has 0 saturated heterocycles. The zero-order valence-electron chi connectivity index (χ0n) is 18.0. The van der Waals surface area contributed by atoms with Crippen molar-refractivity contribution in [3.63, 3.8) is 0 Å². The number of hydrogen-bond acceptors (Lipinski definition) is 8. The van der Waals surface area contributed by atoms with E-state index in [-0.39, 0.29) is 42.5 Å². The van der Waals surface area contributed by atoms with Crippen LogP contribution in [0.25, 0.3) is 11.4 Å². The first kappa shape index (κ1) is 24.5. The summed E-state index contributed by atoms with van der Waals surface area (Å²) in [5, 5.41) is 3.13. The number of aromatic nitrogens is 6. The molecular weight excluding hydrogens is 463 g/mol. The third-order valence-corrected chi connectivity index (χ3v) is 4.67. The van der Waals surface area contributed by atoms with E-state index < -0.39 is 18.0 Å². The molecule has 0 aliphatic heterocycles. The highest BCUT2D eigenvalue weighted by Crippen LogP contribution is 2.25.